The molecule has 18 heavy (non-hydrogen) atoms. The molecule has 0 saturated heterocycles. The lowest BCUT2D eigenvalue weighted by molar-refractivity contribution is -0.141. The van der Waals surface area contributed by atoms with Gasteiger partial charge in [0.15, 0.2) is 0 Å². The average Bonchev–Trinajstić information content (AvgIpc) is 2.62. The number of carbonyl (C=O) groups is 1. The minimum atomic E-state index is -4.50. The number of nitrogens with one attached hydrogen (secondary N) is 1. The molecule has 1 N–H and O–H groups in total. The highest BCUT2D eigenvalue weighted by Crippen LogP contribution is 2.42. The van der Waals surface area contributed by atoms with Crippen molar-refractivity contribution in [3.63, 3.8) is 0 Å². The molecule has 1 aliphatic carbocycles. The maximum absolute atomic E-state index is 12.9. The van der Waals surface area contributed by atoms with Crippen LogP contribution < -0.4 is 5.32 Å². The van der Waals surface area contributed by atoms with Crippen LogP contribution >= 0.6 is 0 Å². The van der Waals surface area contributed by atoms with Gasteiger partial charge in [-0.05, 0) is 31.2 Å². The van der Waals surface area contributed by atoms with Crippen LogP contribution in [0.4, 0.5) is 18.9 Å². The first-order chi connectivity index (χ1) is 8.36. The first-order valence-corrected chi connectivity index (χ1v) is 5.67. The molecule has 1 heterocycles. The van der Waals surface area contributed by atoms with Gasteiger partial charge in [-0.1, -0.05) is 6.92 Å². The van der Waals surface area contributed by atoms with E-state index >= 15 is 0 Å². The van der Waals surface area contributed by atoms with E-state index in [2.05, 4.69) is 10.3 Å². The Balaban J connectivity index is 2.68. The third-order valence-electron chi connectivity index (χ3n) is 3.34. The molecule has 3 nitrogen and oxygen atoms in total. The quantitative estimate of drug-likeness (QED) is 0.828. The van der Waals surface area contributed by atoms with Crippen molar-refractivity contribution >= 4 is 12.1 Å². The fourth-order valence-electron chi connectivity index (χ4n) is 2.43. The molecule has 1 aliphatic rings. The lowest BCUT2D eigenvalue weighted by Gasteiger charge is -2.17. The molecule has 0 aromatic carbocycles. The molecule has 1 aromatic rings. The Labute approximate surface area is 102 Å². The molecule has 1 unspecified atom stereocenters. The highest BCUT2D eigenvalue weighted by atomic mass is 19.4. The fraction of sp³-hybridized carbons (Fsp3) is 0.500. The second kappa shape index (κ2) is 4.26. The molecule has 98 valence electrons. The maximum Gasteiger partial charge on any atom is 0.433 e. The Morgan fingerprint density at radius 2 is 2.11 bits per heavy atom. The lowest BCUT2D eigenvalue weighted by atomic mass is 10.0. The third kappa shape index (κ3) is 1.95. The fourth-order valence-corrected chi connectivity index (χ4v) is 2.43. The summed E-state index contributed by atoms with van der Waals surface area (Å²) in [4.78, 5) is 14.3. The molecule has 2 rings (SSSR count). The summed E-state index contributed by atoms with van der Waals surface area (Å²) >= 11 is 0. The molecular weight excluding hydrogens is 245 g/mol. The highest BCUT2D eigenvalue weighted by Gasteiger charge is 2.38. The Bertz CT molecular complexity index is 497. The van der Waals surface area contributed by atoms with Crippen molar-refractivity contribution < 1.29 is 18.0 Å². The second-order valence-electron chi connectivity index (χ2n) is 4.52. The van der Waals surface area contributed by atoms with Gasteiger partial charge in [0.05, 0.1) is 5.69 Å². The van der Waals surface area contributed by atoms with E-state index in [4.69, 9.17) is 0 Å². The van der Waals surface area contributed by atoms with Gasteiger partial charge in [0, 0.05) is 11.3 Å². The van der Waals surface area contributed by atoms with E-state index in [9.17, 15) is 18.0 Å². The van der Waals surface area contributed by atoms with Gasteiger partial charge in [-0.2, -0.15) is 13.2 Å². The third-order valence-corrected chi connectivity index (χ3v) is 3.34. The van der Waals surface area contributed by atoms with Crippen LogP contribution in [0.25, 0.3) is 0 Å². The topological polar surface area (TPSA) is 42.0 Å². The van der Waals surface area contributed by atoms with Crippen molar-refractivity contribution in [2.24, 2.45) is 0 Å². The van der Waals surface area contributed by atoms with E-state index in [0.717, 1.165) is 12.0 Å². The number of rotatable bonds is 2. The van der Waals surface area contributed by atoms with Crippen LogP contribution in [-0.2, 0) is 17.4 Å². The zero-order chi connectivity index (χ0) is 13.5. The van der Waals surface area contributed by atoms with E-state index < -0.39 is 11.9 Å². The van der Waals surface area contributed by atoms with Gasteiger partial charge >= 0.3 is 6.18 Å². The Morgan fingerprint density at radius 1 is 1.44 bits per heavy atom. The number of aromatic nitrogens is 1. The smallest absolute Gasteiger partial charge is 0.328 e. The predicted molar refractivity (Wildman–Crippen MR) is 60.4 cm³/mol. The van der Waals surface area contributed by atoms with Crippen LogP contribution in [0, 0.1) is 6.92 Å². The largest absolute Gasteiger partial charge is 0.433 e. The van der Waals surface area contributed by atoms with Gasteiger partial charge in [-0.25, -0.2) is 4.98 Å². The number of alkyl halides is 3. The summed E-state index contributed by atoms with van der Waals surface area (Å²) in [5.74, 6) is -0.00565. The van der Waals surface area contributed by atoms with E-state index in [0.29, 0.717) is 18.5 Å². The number of pyridine rings is 1. The van der Waals surface area contributed by atoms with Crippen LogP contribution in [0.3, 0.4) is 0 Å². The summed E-state index contributed by atoms with van der Waals surface area (Å²) in [5.41, 5.74) is 0.547. The van der Waals surface area contributed by atoms with Crippen LogP contribution in [0.15, 0.2) is 0 Å². The number of nitrogens with zero attached hydrogens (tertiary/aromatic N) is 1. The van der Waals surface area contributed by atoms with Crippen molar-refractivity contribution in [3.05, 3.63) is 22.5 Å². The van der Waals surface area contributed by atoms with Gasteiger partial charge in [0.2, 0.25) is 6.41 Å². The lowest BCUT2D eigenvalue weighted by Crippen LogP contribution is -2.15. The summed E-state index contributed by atoms with van der Waals surface area (Å²) in [6.45, 7) is 3.18. The first kappa shape index (κ1) is 12.9. The molecule has 0 spiro atoms. The number of halogens is 3. The number of carbonyl (C=O) groups excluding carboxylic acids is 1. The maximum atomic E-state index is 12.9. The van der Waals surface area contributed by atoms with Gasteiger partial charge in [0.1, 0.15) is 5.69 Å². The normalized spacial score (nSPS) is 18.6. The van der Waals surface area contributed by atoms with Crippen molar-refractivity contribution in [1.82, 2.24) is 4.98 Å². The van der Waals surface area contributed by atoms with Gasteiger partial charge in [0.25, 0.3) is 0 Å². The summed E-state index contributed by atoms with van der Waals surface area (Å²) in [6, 6.07) is 0. The molecule has 0 fully saturated rings. The highest BCUT2D eigenvalue weighted by molar-refractivity contribution is 5.77. The number of amides is 1. The molecule has 1 aromatic heterocycles. The first-order valence-electron chi connectivity index (χ1n) is 5.67. The molecule has 6 heteroatoms. The number of hydrogen-bond acceptors (Lipinski definition) is 2. The van der Waals surface area contributed by atoms with Crippen molar-refractivity contribution in [2.45, 2.75) is 38.8 Å². The van der Waals surface area contributed by atoms with Crippen LogP contribution in [0.2, 0.25) is 0 Å². The molecule has 0 bridgehead atoms. The number of hydrogen-bond donors (Lipinski definition) is 1. The Hall–Kier alpha value is -1.59. The van der Waals surface area contributed by atoms with Gasteiger partial charge in [-0.15, -0.1) is 0 Å². The summed E-state index contributed by atoms with van der Waals surface area (Å²) in [5, 5.41) is 2.39. The zero-order valence-electron chi connectivity index (χ0n) is 10.1. The Kier molecular flexibility index (Phi) is 3.04. The van der Waals surface area contributed by atoms with Crippen molar-refractivity contribution in [1.29, 1.82) is 0 Å². The van der Waals surface area contributed by atoms with E-state index in [1.165, 1.54) is 6.92 Å². The zero-order valence-corrected chi connectivity index (χ0v) is 10.1. The monoisotopic (exact) mass is 258 g/mol. The van der Waals surface area contributed by atoms with Crippen molar-refractivity contribution in [2.75, 3.05) is 5.32 Å². The second-order valence-corrected chi connectivity index (χ2v) is 4.52. The van der Waals surface area contributed by atoms with E-state index in [-0.39, 0.29) is 17.2 Å². The summed E-state index contributed by atoms with van der Waals surface area (Å²) < 4.78 is 38.7. The van der Waals surface area contributed by atoms with Gasteiger partial charge < -0.3 is 5.32 Å². The van der Waals surface area contributed by atoms with Crippen LogP contribution in [-0.4, -0.2) is 11.4 Å². The minimum absolute atomic E-state index is 0.00565. The van der Waals surface area contributed by atoms with E-state index in [1.807, 2.05) is 6.92 Å². The van der Waals surface area contributed by atoms with Crippen LogP contribution in [0.1, 0.15) is 41.8 Å². The van der Waals surface area contributed by atoms with Gasteiger partial charge in [-0.3, -0.25) is 4.79 Å². The minimum Gasteiger partial charge on any atom is -0.328 e. The molecule has 1 amide bonds. The number of fused-ring (bicyclic) bond motifs is 1. The molecule has 0 saturated carbocycles. The van der Waals surface area contributed by atoms with Crippen LogP contribution in [0.5, 0.6) is 0 Å². The summed E-state index contributed by atoms with van der Waals surface area (Å²) in [7, 11) is 0. The molecule has 0 aliphatic heterocycles. The molecular formula is C12H13F3N2O. The molecule has 0 radical (unpaired) electrons. The van der Waals surface area contributed by atoms with E-state index in [1.54, 1.807) is 0 Å². The average molecular weight is 258 g/mol. The summed E-state index contributed by atoms with van der Waals surface area (Å²) in [6.07, 6.45) is -2.68. The predicted octanol–water partition coefficient (Wildman–Crippen LogP) is 3.03. The van der Waals surface area contributed by atoms with Crippen molar-refractivity contribution in [3.8, 4) is 0 Å². The SMILES string of the molecule is Cc1c(C(F)(F)F)nc2c(c1NC=O)CCC2C. The standard InChI is InChI=1S/C12H13F3N2O/c1-6-3-4-8-9(6)17-11(12(13,14)15)7(2)10(8)16-5-18/h5-6H,3-4H2,1-2H3,(H,16,17,18). The number of anilines is 1. The Morgan fingerprint density at radius 3 is 2.67 bits per heavy atom. The molecule has 1 atom stereocenters.